The zero-order valence-corrected chi connectivity index (χ0v) is 43.0. The van der Waals surface area contributed by atoms with E-state index in [-0.39, 0.29) is 55.3 Å². The van der Waals surface area contributed by atoms with Gasteiger partial charge in [0.25, 0.3) is 30.4 Å². The zero-order chi connectivity index (χ0) is 53.3. The number of aromatic hydroxyl groups is 4. The summed E-state index contributed by atoms with van der Waals surface area (Å²) in [6.07, 6.45) is -2.14. The summed E-state index contributed by atoms with van der Waals surface area (Å²) in [6.45, 7) is 0. The summed E-state index contributed by atoms with van der Waals surface area (Å²) in [7, 11) is -7.18. The molecule has 0 radical (unpaired) electrons. The SMILES string of the molecule is CN(C)c1ccc2c(-c3ccc(NC(=S)Nc4cc5c(O)c(c4)Cc4cc(S(=O)(=O)O)cc(c4O)Cc4cc(S(=O)(=O)O)cc(c4O)Cc4cc(S(=O)(=O)O)cc(c4O)C5)cc3)c3ccc(=[N+](C)C)cc-3oc2c1. The lowest BCUT2D eigenvalue weighted by Crippen LogP contribution is -2.21. The summed E-state index contributed by atoms with van der Waals surface area (Å²) in [5, 5.41) is 55.1. The summed E-state index contributed by atoms with van der Waals surface area (Å²) in [6, 6.07) is 27.9. The van der Waals surface area contributed by atoms with Crippen molar-refractivity contribution < 1.29 is 63.8 Å². The lowest BCUT2D eigenvalue weighted by atomic mass is 9.91. The molecule has 6 aromatic carbocycles. The van der Waals surface area contributed by atoms with Crippen molar-refractivity contribution in [3.8, 4) is 45.4 Å². The maximum atomic E-state index is 12.7. The van der Waals surface area contributed by atoms with E-state index >= 15 is 0 Å². The summed E-state index contributed by atoms with van der Waals surface area (Å²) in [5.74, 6) is -1.53. The summed E-state index contributed by atoms with van der Waals surface area (Å²) in [4.78, 5) is -0.162. The fourth-order valence-corrected chi connectivity index (χ4v) is 11.1. The first-order chi connectivity index (χ1) is 34.7. The van der Waals surface area contributed by atoms with E-state index in [0.717, 1.165) is 69.5 Å². The van der Waals surface area contributed by atoms with Gasteiger partial charge < -0.3 is 40.4 Å². The second-order valence-electron chi connectivity index (χ2n) is 18.3. The molecule has 0 fully saturated rings. The highest BCUT2D eigenvalue weighted by atomic mass is 32.2. The second-order valence-corrected chi connectivity index (χ2v) is 23.0. The van der Waals surface area contributed by atoms with Gasteiger partial charge in [0.1, 0.15) is 48.4 Å². The van der Waals surface area contributed by atoms with Crippen LogP contribution in [-0.2, 0) is 56.0 Å². The van der Waals surface area contributed by atoms with Crippen molar-refractivity contribution in [3.05, 3.63) is 159 Å². The first-order valence-corrected chi connectivity index (χ1v) is 27.1. The van der Waals surface area contributed by atoms with E-state index < -0.39 is 93.7 Å². The predicted molar refractivity (Wildman–Crippen MR) is 283 cm³/mol. The number of fused-ring (bicyclic) bond motifs is 10. The van der Waals surface area contributed by atoms with Crippen molar-refractivity contribution in [1.29, 1.82) is 0 Å². The zero-order valence-electron chi connectivity index (χ0n) is 39.7. The van der Waals surface area contributed by atoms with Crippen molar-refractivity contribution in [2.45, 2.75) is 40.4 Å². The van der Waals surface area contributed by atoms with Gasteiger partial charge in [0.15, 0.2) is 5.11 Å². The van der Waals surface area contributed by atoms with E-state index in [4.69, 9.17) is 16.6 Å². The minimum atomic E-state index is -5.01. The molecule has 3 aliphatic rings. The maximum Gasteiger partial charge on any atom is 0.294 e. The highest BCUT2D eigenvalue weighted by Gasteiger charge is 2.27. The lowest BCUT2D eigenvalue weighted by Gasteiger charge is -2.20. The molecule has 0 spiro atoms. The van der Waals surface area contributed by atoms with Crippen LogP contribution in [0.4, 0.5) is 17.1 Å². The van der Waals surface area contributed by atoms with Crippen molar-refractivity contribution in [1.82, 2.24) is 4.58 Å². The molecule has 0 unspecified atom stereocenters. The Morgan fingerprint density at radius 2 is 0.946 bits per heavy atom. The number of hydrogen-bond acceptors (Lipinski definition) is 13. The van der Waals surface area contributed by atoms with Crippen LogP contribution in [0.15, 0.2) is 128 Å². The number of anilines is 3. The first-order valence-electron chi connectivity index (χ1n) is 22.4. The minimum Gasteiger partial charge on any atom is -0.507 e. The molecular weight excluding hydrogens is 1030 g/mol. The molecule has 0 aromatic heterocycles. The van der Waals surface area contributed by atoms with E-state index in [0.29, 0.717) is 17.0 Å². The van der Waals surface area contributed by atoms with E-state index in [1.54, 1.807) is 0 Å². The molecule has 0 saturated heterocycles. The number of phenolic OH excluding ortho intramolecular Hbond substituents is 4. The Kier molecular flexibility index (Phi) is 13.2. The lowest BCUT2D eigenvalue weighted by molar-refractivity contribution is 0.449. The van der Waals surface area contributed by atoms with Gasteiger partial charge in [0, 0.05) is 130 Å². The van der Waals surface area contributed by atoms with Crippen LogP contribution < -0.4 is 25.5 Å². The largest absolute Gasteiger partial charge is 0.507 e. The Bertz CT molecular complexity index is 3920. The van der Waals surface area contributed by atoms with Crippen molar-refractivity contribution in [2.75, 3.05) is 43.7 Å². The average Bonchev–Trinajstić information content (AvgIpc) is 3.31. The van der Waals surface area contributed by atoms with Gasteiger partial charge in [0.2, 0.25) is 5.36 Å². The molecule has 8 bridgehead atoms. The third kappa shape index (κ3) is 10.3. The Morgan fingerprint density at radius 3 is 1.34 bits per heavy atom. The molecule has 6 aromatic rings. The third-order valence-corrected chi connectivity index (χ3v) is 15.5. The molecule has 382 valence electrons. The van der Waals surface area contributed by atoms with E-state index in [1.807, 2.05) is 98.3 Å². The fourth-order valence-electron chi connectivity index (χ4n) is 9.11. The number of phenols is 4. The monoisotopic (exact) mass is 1080 g/mol. The van der Waals surface area contributed by atoms with Crippen LogP contribution in [0.3, 0.4) is 0 Å². The van der Waals surface area contributed by atoms with Crippen LogP contribution >= 0.6 is 12.2 Å². The number of thiocarbonyl (C=S) groups is 1. The van der Waals surface area contributed by atoms with Crippen LogP contribution in [-0.4, -0.2) is 92.6 Å². The molecule has 22 heteroatoms. The Morgan fingerprint density at radius 1 is 0.541 bits per heavy atom. The molecule has 74 heavy (non-hydrogen) atoms. The Labute approximate surface area is 430 Å². The number of rotatable bonds is 7. The van der Waals surface area contributed by atoms with Gasteiger partial charge in [-0.1, -0.05) is 12.1 Å². The quantitative estimate of drug-likeness (QED) is 0.0248. The molecule has 0 amide bonds. The molecule has 2 aliphatic carbocycles. The van der Waals surface area contributed by atoms with Crippen molar-refractivity contribution in [2.24, 2.45) is 0 Å². The van der Waals surface area contributed by atoms with Crippen molar-refractivity contribution >= 4 is 75.7 Å². The van der Waals surface area contributed by atoms with Gasteiger partial charge in [-0.3, -0.25) is 13.7 Å². The standard InChI is InChI=1S/C52H46N4O14S4/c1-55(2)38-9-11-43-45(25-38)70-46-26-39(56(3)4)10-12-44(46)47(43)27-5-7-36(8-6-27)53-52(71)54-37-17-28-13-30-19-40(72(61,62)63)21-32(49(30)58)15-34-23-42(74(67,68)69)24-35(51(34)60)16-33-22-41(73(64,65)66)20-31(50(33)59)14-29(18-37)48(28)57/h5-12,17-26H,13-16H2,1-4H3,(H8,54,57,58,59,60,61,62,63,64,65,66,67,68,69,71)/p+1. The summed E-state index contributed by atoms with van der Waals surface area (Å²) in [5.41, 5.74) is 3.80. The summed E-state index contributed by atoms with van der Waals surface area (Å²) < 4.78 is 115. The van der Waals surface area contributed by atoms with Crippen LogP contribution in [0, 0.1) is 0 Å². The highest BCUT2D eigenvalue weighted by molar-refractivity contribution is 7.86. The van der Waals surface area contributed by atoms with Gasteiger partial charge in [-0.05, 0) is 96.6 Å². The highest BCUT2D eigenvalue weighted by Crippen LogP contribution is 2.43. The number of nitrogens with one attached hydrogen (secondary N) is 2. The van der Waals surface area contributed by atoms with Crippen molar-refractivity contribution in [3.63, 3.8) is 0 Å². The molecule has 9 N–H and O–H groups in total. The molecular formula is C52H47N4O14S4+. The number of nitrogens with zero attached hydrogens (tertiary/aromatic N) is 2. The van der Waals surface area contributed by atoms with Crippen LogP contribution in [0.25, 0.3) is 33.4 Å². The van der Waals surface area contributed by atoms with Gasteiger partial charge in [-0.15, -0.1) is 0 Å². The smallest absolute Gasteiger partial charge is 0.294 e. The van der Waals surface area contributed by atoms with E-state index in [9.17, 15) is 59.3 Å². The van der Waals surface area contributed by atoms with Gasteiger partial charge >= 0.3 is 0 Å². The van der Waals surface area contributed by atoms with Crippen LogP contribution in [0.2, 0.25) is 0 Å². The second kappa shape index (κ2) is 19.0. The molecule has 0 atom stereocenters. The van der Waals surface area contributed by atoms with Gasteiger partial charge in [-0.2, -0.15) is 25.3 Å². The topological polar surface area (TPSA) is 287 Å². The average molecular weight is 1080 g/mol. The van der Waals surface area contributed by atoms with Crippen LogP contribution in [0.1, 0.15) is 44.5 Å². The molecule has 1 aliphatic heterocycles. The van der Waals surface area contributed by atoms with Gasteiger partial charge in [-0.25, -0.2) is 4.58 Å². The summed E-state index contributed by atoms with van der Waals surface area (Å²) >= 11 is 5.78. The first kappa shape index (κ1) is 51.3. The van der Waals surface area contributed by atoms with Crippen LogP contribution in [0.5, 0.6) is 23.0 Å². The fraction of sp³-hybridized carbons (Fsp3) is 0.154. The van der Waals surface area contributed by atoms with Gasteiger partial charge in [0.05, 0.1) is 20.8 Å². The molecule has 18 nitrogen and oxygen atoms in total. The van der Waals surface area contributed by atoms with E-state index in [2.05, 4.69) is 10.6 Å². The molecule has 1 heterocycles. The maximum absolute atomic E-state index is 12.7. The number of benzene rings is 7. The Hall–Kier alpha value is -7.57. The molecule has 9 rings (SSSR count). The third-order valence-electron chi connectivity index (χ3n) is 12.8. The Balaban J connectivity index is 1.13. The normalized spacial score (nSPS) is 12.9. The molecule has 0 saturated carbocycles. The number of hydrogen-bond donors (Lipinski definition) is 9. The minimum absolute atomic E-state index is 0.0200. The predicted octanol–water partition coefficient (Wildman–Crippen LogP) is 7.35. The van der Waals surface area contributed by atoms with E-state index in [1.165, 1.54) is 12.1 Å².